The van der Waals surface area contributed by atoms with Gasteiger partial charge >= 0.3 is 0 Å². The maximum absolute atomic E-state index is 13.3. The highest BCUT2D eigenvalue weighted by Crippen LogP contribution is 2.34. The van der Waals surface area contributed by atoms with Crippen LogP contribution in [-0.2, 0) is 11.4 Å². The number of hydrazone groups is 1. The summed E-state index contributed by atoms with van der Waals surface area (Å²) in [5.41, 5.74) is 3.26. The third kappa shape index (κ3) is 4.25. The zero-order valence-electron chi connectivity index (χ0n) is 16.5. The Morgan fingerprint density at radius 3 is 2.77 bits per heavy atom. The van der Waals surface area contributed by atoms with E-state index in [1.807, 2.05) is 54.6 Å². The highest BCUT2D eigenvalue weighted by molar-refractivity contribution is 6.30. The van der Waals surface area contributed by atoms with Crippen LogP contribution in [0.2, 0.25) is 5.02 Å². The zero-order chi connectivity index (χ0) is 21.1. The standard InChI is InChI=1S/C23H22ClN3O3/c1-15(25-19-5-2-4-16(12-19)14-28)23(29)27-21(22-6-3-11-30-22)13-20(26-27)17-7-9-18(24)10-8-17/h2-12,15,21,25,28H,13-14H2,1H3. The molecule has 1 aliphatic heterocycles. The Labute approximate surface area is 179 Å². The van der Waals surface area contributed by atoms with E-state index in [-0.39, 0.29) is 18.6 Å². The van der Waals surface area contributed by atoms with Crippen LogP contribution in [0.4, 0.5) is 5.69 Å². The van der Waals surface area contributed by atoms with Crippen LogP contribution in [0.5, 0.6) is 0 Å². The van der Waals surface area contributed by atoms with Crippen LogP contribution in [0.3, 0.4) is 0 Å². The van der Waals surface area contributed by atoms with Gasteiger partial charge in [0.1, 0.15) is 17.8 Å². The molecule has 2 heterocycles. The molecule has 2 N–H and O–H groups in total. The average molecular weight is 424 g/mol. The number of amides is 1. The maximum Gasteiger partial charge on any atom is 0.265 e. The molecule has 6 nitrogen and oxygen atoms in total. The molecule has 0 aliphatic carbocycles. The lowest BCUT2D eigenvalue weighted by Gasteiger charge is -2.24. The van der Waals surface area contributed by atoms with Gasteiger partial charge in [-0.05, 0) is 54.4 Å². The second-order valence-electron chi connectivity index (χ2n) is 7.20. The first-order valence-electron chi connectivity index (χ1n) is 9.71. The summed E-state index contributed by atoms with van der Waals surface area (Å²) in [5, 5.41) is 19.3. The smallest absolute Gasteiger partial charge is 0.265 e. The Bertz CT molecular complexity index is 1050. The molecule has 0 saturated heterocycles. The van der Waals surface area contributed by atoms with Crippen molar-refractivity contribution in [2.45, 2.75) is 32.0 Å². The molecular weight excluding hydrogens is 402 g/mol. The molecule has 0 radical (unpaired) electrons. The minimum Gasteiger partial charge on any atom is -0.467 e. The number of aliphatic hydroxyl groups excluding tert-OH is 1. The third-order valence-electron chi connectivity index (χ3n) is 5.05. The highest BCUT2D eigenvalue weighted by Gasteiger charge is 2.36. The van der Waals surface area contributed by atoms with Crippen LogP contribution < -0.4 is 5.32 Å². The van der Waals surface area contributed by atoms with Crippen molar-refractivity contribution in [2.75, 3.05) is 5.32 Å². The van der Waals surface area contributed by atoms with Crippen molar-refractivity contribution in [3.8, 4) is 0 Å². The van der Waals surface area contributed by atoms with Gasteiger partial charge in [-0.25, -0.2) is 5.01 Å². The minimum atomic E-state index is -0.523. The molecule has 2 unspecified atom stereocenters. The van der Waals surface area contributed by atoms with Crippen molar-refractivity contribution >= 4 is 28.9 Å². The number of aliphatic hydroxyl groups is 1. The van der Waals surface area contributed by atoms with E-state index >= 15 is 0 Å². The van der Waals surface area contributed by atoms with Gasteiger partial charge in [0.15, 0.2) is 0 Å². The van der Waals surface area contributed by atoms with Crippen LogP contribution in [0.15, 0.2) is 76.4 Å². The van der Waals surface area contributed by atoms with Gasteiger partial charge in [-0.1, -0.05) is 35.9 Å². The van der Waals surface area contributed by atoms with Gasteiger partial charge in [0.2, 0.25) is 0 Å². The fraction of sp³-hybridized carbons (Fsp3) is 0.217. The summed E-state index contributed by atoms with van der Waals surface area (Å²) in [5.74, 6) is 0.514. The molecule has 0 spiro atoms. The second kappa shape index (κ2) is 8.73. The van der Waals surface area contributed by atoms with Crippen molar-refractivity contribution in [3.63, 3.8) is 0 Å². The number of nitrogens with one attached hydrogen (secondary N) is 1. The number of nitrogens with zero attached hydrogens (tertiary/aromatic N) is 2. The van der Waals surface area contributed by atoms with Gasteiger partial charge in [0.25, 0.3) is 5.91 Å². The Morgan fingerprint density at radius 1 is 1.27 bits per heavy atom. The van der Waals surface area contributed by atoms with Gasteiger partial charge in [-0.2, -0.15) is 5.10 Å². The van der Waals surface area contributed by atoms with Crippen LogP contribution >= 0.6 is 11.6 Å². The Kier molecular flexibility index (Phi) is 5.88. The number of hydrogen-bond donors (Lipinski definition) is 2. The van der Waals surface area contributed by atoms with Crippen LogP contribution in [0.25, 0.3) is 0 Å². The molecule has 0 saturated carbocycles. The molecular formula is C23H22ClN3O3. The number of anilines is 1. The van der Waals surface area contributed by atoms with Gasteiger partial charge < -0.3 is 14.8 Å². The molecule has 2 aromatic carbocycles. The number of carbonyl (C=O) groups is 1. The Morgan fingerprint density at radius 2 is 2.07 bits per heavy atom. The average Bonchev–Trinajstić information content (AvgIpc) is 3.44. The van der Waals surface area contributed by atoms with Crippen molar-refractivity contribution < 1.29 is 14.3 Å². The zero-order valence-corrected chi connectivity index (χ0v) is 17.2. The van der Waals surface area contributed by atoms with Crippen LogP contribution in [0.1, 0.15) is 36.3 Å². The van der Waals surface area contributed by atoms with E-state index < -0.39 is 6.04 Å². The Hall–Kier alpha value is -3.09. The first kappa shape index (κ1) is 20.2. The van der Waals surface area contributed by atoms with Crippen molar-refractivity contribution in [1.82, 2.24) is 5.01 Å². The molecule has 7 heteroatoms. The number of hydrogen-bond acceptors (Lipinski definition) is 5. The summed E-state index contributed by atoms with van der Waals surface area (Å²) in [7, 11) is 0. The fourth-order valence-corrected chi connectivity index (χ4v) is 3.63. The van der Waals surface area contributed by atoms with E-state index in [9.17, 15) is 9.90 Å². The molecule has 154 valence electrons. The van der Waals surface area contributed by atoms with Gasteiger partial charge in [0, 0.05) is 17.1 Å². The summed E-state index contributed by atoms with van der Waals surface area (Å²) in [6.07, 6.45) is 2.15. The molecule has 30 heavy (non-hydrogen) atoms. The summed E-state index contributed by atoms with van der Waals surface area (Å²) in [6.45, 7) is 1.74. The van der Waals surface area contributed by atoms with Crippen LogP contribution in [0, 0.1) is 0 Å². The summed E-state index contributed by atoms with van der Waals surface area (Å²) in [6, 6.07) is 17.6. The summed E-state index contributed by atoms with van der Waals surface area (Å²) < 4.78 is 5.59. The van der Waals surface area contributed by atoms with E-state index in [2.05, 4.69) is 10.4 Å². The first-order chi connectivity index (χ1) is 14.5. The fourth-order valence-electron chi connectivity index (χ4n) is 3.50. The van der Waals surface area contributed by atoms with Crippen molar-refractivity contribution in [3.05, 3.63) is 88.8 Å². The van der Waals surface area contributed by atoms with E-state index in [0.717, 1.165) is 22.5 Å². The summed E-state index contributed by atoms with van der Waals surface area (Å²) >= 11 is 6.00. The second-order valence-corrected chi connectivity index (χ2v) is 7.63. The number of halogens is 1. The van der Waals surface area contributed by atoms with E-state index in [4.69, 9.17) is 16.0 Å². The molecule has 1 amide bonds. The van der Waals surface area contributed by atoms with Crippen molar-refractivity contribution in [2.24, 2.45) is 5.10 Å². The van der Waals surface area contributed by atoms with E-state index in [1.165, 1.54) is 5.01 Å². The molecule has 0 fully saturated rings. The lowest BCUT2D eigenvalue weighted by Crippen LogP contribution is -2.38. The number of carbonyl (C=O) groups excluding carboxylic acids is 1. The number of benzene rings is 2. The monoisotopic (exact) mass is 423 g/mol. The molecule has 3 aromatic rings. The third-order valence-corrected chi connectivity index (χ3v) is 5.30. The normalized spacial score (nSPS) is 17.0. The molecule has 1 aliphatic rings. The predicted octanol–water partition coefficient (Wildman–Crippen LogP) is 4.60. The maximum atomic E-state index is 13.3. The predicted molar refractivity (Wildman–Crippen MR) is 116 cm³/mol. The Balaban J connectivity index is 1.58. The van der Waals surface area contributed by atoms with E-state index in [1.54, 1.807) is 19.3 Å². The SMILES string of the molecule is CC(Nc1cccc(CO)c1)C(=O)N1N=C(c2ccc(Cl)cc2)CC1c1ccco1. The molecule has 1 aromatic heterocycles. The largest absolute Gasteiger partial charge is 0.467 e. The minimum absolute atomic E-state index is 0.0563. The quantitative estimate of drug-likeness (QED) is 0.607. The van der Waals surface area contributed by atoms with Gasteiger partial charge in [0.05, 0.1) is 18.6 Å². The van der Waals surface area contributed by atoms with Crippen LogP contribution in [-0.4, -0.2) is 27.8 Å². The van der Waals surface area contributed by atoms with E-state index in [0.29, 0.717) is 17.2 Å². The summed E-state index contributed by atoms with van der Waals surface area (Å²) in [4.78, 5) is 13.3. The highest BCUT2D eigenvalue weighted by atomic mass is 35.5. The van der Waals surface area contributed by atoms with Crippen molar-refractivity contribution in [1.29, 1.82) is 0 Å². The number of furan rings is 1. The molecule has 0 bridgehead atoms. The number of rotatable bonds is 6. The topological polar surface area (TPSA) is 78.1 Å². The van der Waals surface area contributed by atoms with Gasteiger partial charge in [-0.15, -0.1) is 0 Å². The lowest BCUT2D eigenvalue weighted by molar-refractivity contribution is -0.133. The molecule has 4 rings (SSSR count). The lowest BCUT2D eigenvalue weighted by atomic mass is 10.0. The first-order valence-corrected chi connectivity index (χ1v) is 10.1. The van der Waals surface area contributed by atoms with Gasteiger partial charge in [-0.3, -0.25) is 4.79 Å². The molecule has 2 atom stereocenters.